The van der Waals surface area contributed by atoms with Crippen LogP contribution in [-0.4, -0.2) is 0 Å². The second kappa shape index (κ2) is 14.9. The second-order valence-corrected chi connectivity index (χ2v) is 13.5. The maximum atomic E-state index is 4.33. The zero-order valence-electron chi connectivity index (χ0n) is 30.3. The number of hydrogen-bond acceptors (Lipinski definition) is 0. The molecule has 0 nitrogen and oxygen atoms in total. The van der Waals surface area contributed by atoms with Gasteiger partial charge in [-0.1, -0.05) is 195 Å². The molecule has 6 aromatic rings. The Morgan fingerprint density at radius 3 is 1.69 bits per heavy atom. The SMILES string of the molecule is C=C/C=C(\C=C/C)c1ccc(/C(C=C)=C/C2=C(C)c3ccc(-c4ccc(-c5ccccc5)cc4)cc3C2(c2ccccc2)c2ccc(C)cc2)cc1. The Labute approximate surface area is 309 Å². The summed E-state index contributed by atoms with van der Waals surface area (Å²) in [5, 5.41) is 0. The van der Waals surface area contributed by atoms with Crippen LogP contribution in [0.4, 0.5) is 0 Å². The molecule has 1 aliphatic rings. The highest BCUT2D eigenvalue weighted by atomic mass is 14.5. The van der Waals surface area contributed by atoms with Gasteiger partial charge in [0.15, 0.2) is 0 Å². The van der Waals surface area contributed by atoms with E-state index in [1.54, 1.807) is 0 Å². The topological polar surface area (TPSA) is 0 Å². The fraction of sp³-hybridized carbons (Fsp3) is 0.0769. The molecule has 7 rings (SSSR count). The van der Waals surface area contributed by atoms with E-state index in [9.17, 15) is 0 Å². The summed E-state index contributed by atoms with van der Waals surface area (Å²) in [5.74, 6) is 0. The van der Waals surface area contributed by atoms with E-state index in [0.29, 0.717) is 0 Å². The fourth-order valence-electron chi connectivity index (χ4n) is 7.74. The van der Waals surface area contributed by atoms with Gasteiger partial charge in [0.05, 0.1) is 5.41 Å². The minimum Gasteiger partial charge on any atom is -0.0990 e. The maximum Gasteiger partial charge on any atom is 0.0710 e. The van der Waals surface area contributed by atoms with Crippen LogP contribution in [0, 0.1) is 6.92 Å². The van der Waals surface area contributed by atoms with Crippen LogP contribution >= 0.6 is 0 Å². The number of rotatable bonds is 10. The predicted molar refractivity (Wildman–Crippen MR) is 225 cm³/mol. The highest BCUT2D eigenvalue weighted by molar-refractivity contribution is 5.92. The maximum absolute atomic E-state index is 4.33. The summed E-state index contributed by atoms with van der Waals surface area (Å²) in [6.45, 7) is 14.7. The van der Waals surface area contributed by atoms with Gasteiger partial charge in [0.2, 0.25) is 0 Å². The smallest absolute Gasteiger partial charge is 0.0710 e. The molecule has 1 aliphatic carbocycles. The van der Waals surface area contributed by atoms with E-state index in [1.165, 1.54) is 61.2 Å². The number of benzene rings is 6. The summed E-state index contributed by atoms with van der Waals surface area (Å²) < 4.78 is 0. The molecule has 1 unspecified atom stereocenters. The summed E-state index contributed by atoms with van der Waals surface area (Å²) in [7, 11) is 0. The Morgan fingerprint density at radius 2 is 1.10 bits per heavy atom. The molecule has 0 heterocycles. The molecule has 0 bridgehead atoms. The van der Waals surface area contributed by atoms with E-state index in [0.717, 1.165) is 22.3 Å². The van der Waals surface area contributed by atoms with Crippen molar-refractivity contribution < 1.29 is 0 Å². The molecule has 6 aromatic carbocycles. The first-order chi connectivity index (χ1) is 25.5. The zero-order chi connectivity index (χ0) is 36.1. The van der Waals surface area contributed by atoms with Crippen molar-refractivity contribution in [1.29, 1.82) is 0 Å². The van der Waals surface area contributed by atoms with E-state index < -0.39 is 5.41 Å². The lowest BCUT2D eigenvalue weighted by Gasteiger charge is -2.35. The van der Waals surface area contributed by atoms with Gasteiger partial charge in [0.1, 0.15) is 0 Å². The number of aryl methyl sites for hydroxylation is 1. The van der Waals surface area contributed by atoms with Gasteiger partial charge in [-0.05, 0) is 111 Å². The molecule has 0 aromatic heterocycles. The minimum atomic E-state index is -0.547. The second-order valence-electron chi connectivity index (χ2n) is 13.5. The third-order valence-electron chi connectivity index (χ3n) is 10.4. The van der Waals surface area contributed by atoms with E-state index in [4.69, 9.17) is 0 Å². The zero-order valence-corrected chi connectivity index (χ0v) is 30.3. The Kier molecular flexibility index (Phi) is 9.83. The van der Waals surface area contributed by atoms with E-state index >= 15 is 0 Å². The molecule has 0 heteroatoms. The Hall–Kier alpha value is -6.24. The fourth-order valence-corrected chi connectivity index (χ4v) is 7.74. The Balaban J connectivity index is 1.42. The molecule has 0 saturated heterocycles. The molecule has 52 heavy (non-hydrogen) atoms. The third-order valence-corrected chi connectivity index (χ3v) is 10.4. The Bertz CT molecular complexity index is 2340. The first-order valence-corrected chi connectivity index (χ1v) is 18.0. The van der Waals surface area contributed by atoms with Crippen LogP contribution in [0.1, 0.15) is 52.8 Å². The van der Waals surface area contributed by atoms with Crippen molar-refractivity contribution in [3.05, 3.63) is 246 Å². The molecule has 252 valence electrons. The van der Waals surface area contributed by atoms with Crippen molar-refractivity contribution in [2.75, 3.05) is 0 Å². The Morgan fingerprint density at radius 1 is 0.558 bits per heavy atom. The third kappa shape index (κ3) is 6.29. The molecule has 0 amide bonds. The standard InChI is InChI=1S/C52H44/c1-6-15-40(16-7-2)43-25-23-42(24-26-43)39(8-3)35-50-38(5)49-34-31-46(45-29-27-44(28-30-45)41-17-11-9-12-18-41)36-51(49)52(50,47-19-13-10-14-20-47)48-32-21-37(4)22-33-48/h6-36H,1,3H2,2,4-5H3/b16-7-,39-35+,40-15+. The summed E-state index contributed by atoms with van der Waals surface area (Å²) in [6, 6.07) is 55.5. The summed E-state index contributed by atoms with van der Waals surface area (Å²) in [6.07, 6.45) is 12.4. The first-order valence-electron chi connectivity index (χ1n) is 18.0. The van der Waals surface area contributed by atoms with Crippen LogP contribution in [0.3, 0.4) is 0 Å². The molecule has 0 aliphatic heterocycles. The van der Waals surface area contributed by atoms with E-state index in [2.05, 4.69) is 197 Å². The summed E-state index contributed by atoms with van der Waals surface area (Å²) in [4.78, 5) is 0. The van der Waals surface area contributed by atoms with Gasteiger partial charge in [-0.15, -0.1) is 0 Å². The lowest BCUT2D eigenvalue weighted by atomic mass is 9.66. The van der Waals surface area contributed by atoms with Crippen LogP contribution in [-0.2, 0) is 5.41 Å². The number of allylic oxidation sites excluding steroid dienone is 10. The lowest BCUT2D eigenvalue weighted by Crippen LogP contribution is -2.29. The van der Waals surface area contributed by atoms with Crippen molar-refractivity contribution in [2.24, 2.45) is 0 Å². The summed E-state index contributed by atoms with van der Waals surface area (Å²) >= 11 is 0. The molecule has 1 atom stereocenters. The van der Waals surface area contributed by atoms with Crippen LogP contribution < -0.4 is 0 Å². The van der Waals surface area contributed by atoms with Gasteiger partial charge >= 0.3 is 0 Å². The normalized spacial score (nSPS) is 15.9. The molecule has 0 radical (unpaired) electrons. The minimum absolute atomic E-state index is 0.547. The highest BCUT2D eigenvalue weighted by Crippen LogP contribution is 2.56. The van der Waals surface area contributed by atoms with Gasteiger partial charge in [-0.3, -0.25) is 0 Å². The van der Waals surface area contributed by atoms with Crippen LogP contribution in [0.5, 0.6) is 0 Å². The van der Waals surface area contributed by atoms with Crippen LogP contribution in [0.25, 0.3) is 39.0 Å². The molecular weight excluding hydrogens is 625 g/mol. The molecular formula is C52H44. The van der Waals surface area contributed by atoms with E-state index in [1.807, 2.05) is 25.2 Å². The van der Waals surface area contributed by atoms with Crippen molar-refractivity contribution >= 4 is 16.7 Å². The highest BCUT2D eigenvalue weighted by Gasteiger charge is 2.46. The monoisotopic (exact) mass is 668 g/mol. The van der Waals surface area contributed by atoms with Crippen molar-refractivity contribution in [3.63, 3.8) is 0 Å². The molecule has 0 N–H and O–H groups in total. The van der Waals surface area contributed by atoms with Crippen molar-refractivity contribution in [1.82, 2.24) is 0 Å². The van der Waals surface area contributed by atoms with Gasteiger partial charge < -0.3 is 0 Å². The lowest BCUT2D eigenvalue weighted by molar-refractivity contribution is 0.761. The van der Waals surface area contributed by atoms with Gasteiger partial charge in [0.25, 0.3) is 0 Å². The van der Waals surface area contributed by atoms with Crippen molar-refractivity contribution in [2.45, 2.75) is 26.2 Å². The molecule has 0 saturated carbocycles. The van der Waals surface area contributed by atoms with Crippen LogP contribution in [0.15, 0.2) is 207 Å². The average molecular weight is 669 g/mol. The van der Waals surface area contributed by atoms with Gasteiger partial charge in [0, 0.05) is 0 Å². The quantitative estimate of drug-likeness (QED) is 0.127. The molecule has 0 fully saturated rings. The number of fused-ring (bicyclic) bond motifs is 1. The molecule has 0 spiro atoms. The number of hydrogen-bond donors (Lipinski definition) is 0. The van der Waals surface area contributed by atoms with Gasteiger partial charge in [-0.2, -0.15) is 0 Å². The largest absolute Gasteiger partial charge is 0.0990 e. The van der Waals surface area contributed by atoms with Crippen LogP contribution in [0.2, 0.25) is 0 Å². The average Bonchev–Trinajstić information content (AvgIpc) is 3.44. The predicted octanol–water partition coefficient (Wildman–Crippen LogP) is 13.9. The van der Waals surface area contributed by atoms with Gasteiger partial charge in [-0.25, -0.2) is 0 Å². The first kappa shape index (κ1) is 34.2. The van der Waals surface area contributed by atoms with E-state index in [-0.39, 0.29) is 0 Å². The van der Waals surface area contributed by atoms with Crippen molar-refractivity contribution in [3.8, 4) is 22.3 Å². The summed E-state index contributed by atoms with van der Waals surface area (Å²) in [5.41, 5.74) is 17.6.